The molecule has 0 aromatic carbocycles. The summed E-state index contributed by atoms with van der Waals surface area (Å²) in [6.07, 6.45) is 52.9. The number of unbranched alkanes of at least 4 members (excludes halogenated alkanes) is 31. The minimum atomic E-state index is -0.663. The second kappa shape index (κ2) is 42.1. The fourth-order valence-corrected chi connectivity index (χ4v) is 7.12. The molecule has 0 aromatic rings. The first-order chi connectivity index (χ1) is 24.6. The Balaban J connectivity index is 3.65. The maximum absolute atomic E-state index is 12.6. The number of hydrogen-bond acceptors (Lipinski definition) is 3. The van der Waals surface area contributed by atoms with Gasteiger partial charge in [-0.25, -0.2) is 0 Å². The van der Waals surface area contributed by atoms with Crippen molar-refractivity contribution >= 4 is 11.9 Å². The summed E-state index contributed by atoms with van der Waals surface area (Å²) in [5, 5.41) is 8.68. The minimum absolute atomic E-state index is 0.0447. The van der Waals surface area contributed by atoms with Gasteiger partial charge in [0.15, 0.2) is 0 Å². The molecule has 1 unspecified atom stereocenters. The first kappa shape index (κ1) is 48.7. The van der Waals surface area contributed by atoms with Crippen LogP contribution < -0.4 is 0 Å². The van der Waals surface area contributed by atoms with Crippen LogP contribution in [-0.4, -0.2) is 23.1 Å². The zero-order valence-corrected chi connectivity index (χ0v) is 34.0. The summed E-state index contributed by atoms with van der Waals surface area (Å²) in [6, 6.07) is 0. The molecule has 296 valence electrons. The third-order valence-corrected chi connectivity index (χ3v) is 10.5. The molecule has 0 heterocycles. The third kappa shape index (κ3) is 41.1. The first-order valence-electron chi connectivity index (χ1n) is 22.7. The van der Waals surface area contributed by atoms with Crippen LogP contribution in [0.1, 0.15) is 264 Å². The Hall–Kier alpha value is -1.32. The molecule has 0 radical (unpaired) electrons. The highest BCUT2D eigenvalue weighted by Gasteiger charge is 2.14. The number of carbonyl (C=O) groups excluding carboxylic acids is 1. The lowest BCUT2D eigenvalue weighted by Gasteiger charge is -2.18. The Morgan fingerprint density at radius 3 is 1.12 bits per heavy atom. The number of aliphatic carboxylic acids is 1. The van der Waals surface area contributed by atoms with Crippen LogP contribution in [0.5, 0.6) is 0 Å². The zero-order valence-electron chi connectivity index (χ0n) is 34.0. The predicted octanol–water partition coefficient (Wildman–Crippen LogP) is 15.8. The van der Waals surface area contributed by atoms with Gasteiger partial charge in [-0.15, -0.1) is 0 Å². The second-order valence-corrected chi connectivity index (χ2v) is 15.6. The van der Waals surface area contributed by atoms with Crippen LogP contribution in [-0.2, 0) is 14.3 Å². The van der Waals surface area contributed by atoms with E-state index in [0.29, 0.717) is 12.8 Å². The monoisotopic (exact) mass is 705 g/mol. The number of ether oxygens (including phenoxy) is 1. The molecule has 0 fully saturated rings. The Kier molecular flexibility index (Phi) is 41.0. The zero-order chi connectivity index (χ0) is 36.4. The van der Waals surface area contributed by atoms with Gasteiger partial charge in [0.25, 0.3) is 0 Å². The van der Waals surface area contributed by atoms with Crippen LogP contribution in [0.15, 0.2) is 12.2 Å². The van der Waals surface area contributed by atoms with E-state index >= 15 is 0 Å². The molecule has 50 heavy (non-hydrogen) atoms. The van der Waals surface area contributed by atoms with E-state index in [-0.39, 0.29) is 12.1 Å². The average molecular weight is 705 g/mol. The van der Waals surface area contributed by atoms with Gasteiger partial charge in [0.05, 0.1) is 0 Å². The predicted molar refractivity (Wildman–Crippen MR) is 218 cm³/mol. The number of rotatable bonds is 42. The molecule has 1 atom stereocenters. The van der Waals surface area contributed by atoms with Crippen LogP contribution in [0.25, 0.3) is 0 Å². The fraction of sp³-hybridized carbons (Fsp3) is 0.913. The lowest BCUT2D eigenvalue weighted by molar-refractivity contribution is -0.150. The molecule has 4 heteroatoms. The highest BCUT2D eigenvalue weighted by Crippen LogP contribution is 2.19. The van der Waals surface area contributed by atoms with Crippen molar-refractivity contribution in [2.75, 3.05) is 0 Å². The van der Waals surface area contributed by atoms with Crippen LogP contribution in [0.4, 0.5) is 0 Å². The van der Waals surface area contributed by atoms with Crippen molar-refractivity contribution in [3.8, 4) is 0 Å². The van der Waals surface area contributed by atoms with Gasteiger partial charge in [0, 0.05) is 12.8 Å². The van der Waals surface area contributed by atoms with E-state index in [0.717, 1.165) is 38.5 Å². The highest BCUT2D eigenvalue weighted by molar-refractivity contribution is 5.69. The van der Waals surface area contributed by atoms with Crippen LogP contribution in [0.3, 0.4) is 0 Å². The first-order valence-corrected chi connectivity index (χ1v) is 22.7. The summed E-state index contributed by atoms with van der Waals surface area (Å²) in [5.74, 6) is -0.618. The number of allylic oxidation sites excluding steroid dienone is 2. The molecule has 1 N–H and O–H groups in total. The van der Waals surface area contributed by atoms with Gasteiger partial charge < -0.3 is 9.84 Å². The number of hydrogen-bond donors (Lipinski definition) is 1. The van der Waals surface area contributed by atoms with E-state index in [1.54, 1.807) is 0 Å². The fourth-order valence-electron chi connectivity index (χ4n) is 7.12. The SMILES string of the molecule is CCCCCCCC/C=C\CCCCCCCCCCCC(=O)OC(CCCCC)CCCCCCCCCCCCCCCCCC(=O)O. The number of carbonyl (C=O) groups is 2. The summed E-state index contributed by atoms with van der Waals surface area (Å²) < 4.78 is 6.00. The van der Waals surface area contributed by atoms with Gasteiger partial charge in [0.1, 0.15) is 6.10 Å². The van der Waals surface area contributed by atoms with Crippen molar-refractivity contribution in [3.63, 3.8) is 0 Å². The molecule has 0 saturated carbocycles. The summed E-state index contributed by atoms with van der Waals surface area (Å²) in [6.45, 7) is 4.53. The van der Waals surface area contributed by atoms with E-state index in [1.807, 2.05) is 0 Å². The van der Waals surface area contributed by atoms with E-state index in [4.69, 9.17) is 9.84 Å². The van der Waals surface area contributed by atoms with Gasteiger partial charge in [0.2, 0.25) is 0 Å². The van der Waals surface area contributed by atoms with E-state index in [2.05, 4.69) is 26.0 Å². The molecule has 0 spiro atoms. The molecule has 0 aromatic heterocycles. The lowest BCUT2D eigenvalue weighted by Crippen LogP contribution is -2.18. The van der Waals surface area contributed by atoms with Crippen molar-refractivity contribution in [2.45, 2.75) is 270 Å². The maximum Gasteiger partial charge on any atom is 0.306 e. The quantitative estimate of drug-likeness (QED) is 0.0390. The molecule has 4 nitrogen and oxygen atoms in total. The molecule has 0 aliphatic carbocycles. The van der Waals surface area contributed by atoms with Crippen LogP contribution >= 0.6 is 0 Å². The van der Waals surface area contributed by atoms with Crippen molar-refractivity contribution in [1.29, 1.82) is 0 Å². The van der Waals surface area contributed by atoms with E-state index < -0.39 is 5.97 Å². The average Bonchev–Trinajstić information content (AvgIpc) is 3.10. The van der Waals surface area contributed by atoms with Gasteiger partial charge >= 0.3 is 11.9 Å². The Morgan fingerprint density at radius 1 is 0.420 bits per heavy atom. The van der Waals surface area contributed by atoms with Crippen molar-refractivity contribution in [2.24, 2.45) is 0 Å². The second-order valence-electron chi connectivity index (χ2n) is 15.6. The van der Waals surface area contributed by atoms with E-state index in [9.17, 15) is 9.59 Å². The Morgan fingerprint density at radius 2 is 0.720 bits per heavy atom. The summed E-state index contributed by atoms with van der Waals surface area (Å²) >= 11 is 0. The standard InChI is InChI=1S/C46H88O4/c1-3-5-7-8-9-10-11-12-13-14-15-16-20-23-26-29-32-35-39-43-46(49)50-44(40-36-6-4-2)41-37-33-30-27-24-21-18-17-19-22-25-28-31-34-38-42-45(47)48/h12-13,44H,3-11,14-43H2,1-2H3,(H,47,48)/b13-12-. The summed E-state index contributed by atoms with van der Waals surface area (Å²) in [7, 11) is 0. The topological polar surface area (TPSA) is 63.6 Å². The minimum Gasteiger partial charge on any atom is -0.481 e. The maximum atomic E-state index is 12.6. The molecule has 0 aliphatic rings. The van der Waals surface area contributed by atoms with Crippen molar-refractivity contribution in [1.82, 2.24) is 0 Å². The molecule has 0 rings (SSSR count). The van der Waals surface area contributed by atoms with Gasteiger partial charge in [-0.3, -0.25) is 9.59 Å². The smallest absolute Gasteiger partial charge is 0.306 e. The van der Waals surface area contributed by atoms with Gasteiger partial charge in [-0.2, -0.15) is 0 Å². The summed E-state index contributed by atoms with van der Waals surface area (Å²) in [5.41, 5.74) is 0. The molecule has 0 saturated heterocycles. The summed E-state index contributed by atoms with van der Waals surface area (Å²) in [4.78, 5) is 23.2. The third-order valence-electron chi connectivity index (χ3n) is 10.5. The van der Waals surface area contributed by atoms with Gasteiger partial charge in [-0.1, -0.05) is 199 Å². The largest absolute Gasteiger partial charge is 0.481 e. The number of esters is 1. The lowest BCUT2D eigenvalue weighted by atomic mass is 10.0. The molecule has 0 bridgehead atoms. The van der Waals surface area contributed by atoms with E-state index in [1.165, 1.54) is 199 Å². The Bertz CT molecular complexity index is 717. The highest BCUT2D eigenvalue weighted by atomic mass is 16.5. The Labute approximate surface area is 313 Å². The number of carboxylic acids is 1. The molecule has 0 amide bonds. The van der Waals surface area contributed by atoms with Crippen molar-refractivity contribution in [3.05, 3.63) is 12.2 Å². The normalized spacial score (nSPS) is 12.2. The van der Waals surface area contributed by atoms with Crippen LogP contribution in [0, 0.1) is 0 Å². The molecular formula is C46H88O4. The molecular weight excluding hydrogens is 617 g/mol. The van der Waals surface area contributed by atoms with Crippen LogP contribution in [0.2, 0.25) is 0 Å². The van der Waals surface area contributed by atoms with Gasteiger partial charge in [-0.05, 0) is 64.2 Å². The van der Waals surface area contributed by atoms with Crippen molar-refractivity contribution < 1.29 is 19.4 Å². The molecule has 0 aliphatic heterocycles. The number of carboxylic acid groups (broad SMARTS) is 1.